The van der Waals surface area contributed by atoms with Gasteiger partial charge in [-0.05, 0) is 92.5 Å². The highest BCUT2D eigenvalue weighted by Crippen LogP contribution is 2.41. The molecule has 1 atom stereocenters. The van der Waals surface area contributed by atoms with Crippen LogP contribution in [0.2, 0.25) is 5.02 Å². The van der Waals surface area contributed by atoms with Crippen molar-refractivity contribution in [1.82, 2.24) is 9.78 Å². The zero-order chi connectivity index (χ0) is 26.6. The van der Waals surface area contributed by atoms with Crippen LogP contribution in [0.25, 0.3) is 5.69 Å². The second-order valence-corrected chi connectivity index (χ2v) is 10.7. The van der Waals surface area contributed by atoms with Crippen molar-refractivity contribution in [3.8, 4) is 5.69 Å². The van der Waals surface area contributed by atoms with E-state index in [9.17, 15) is 9.59 Å². The first-order valence-corrected chi connectivity index (χ1v) is 13.9. The van der Waals surface area contributed by atoms with Crippen molar-refractivity contribution in [2.75, 3.05) is 12.4 Å². The minimum Gasteiger partial charge on any atom is -0.465 e. The zero-order valence-electron chi connectivity index (χ0n) is 21.6. The number of methoxy groups -OCH3 is 1. The molecule has 38 heavy (non-hydrogen) atoms. The summed E-state index contributed by atoms with van der Waals surface area (Å²) in [6, 6.07) is 11.5. The van der Waals surface area contributed by atoms with Crippen LogP contribution < -0.4 is 5.32 Å². The molecule has 8 heteroatoms. The van der Waals surface area contributed by atoms with Gasteiger partial charge in [0, 0.05) is 5.02 Å². The molecule has 2 aliphatic rings. The quantitative estimate of drug-likeness (QED) is 0.271. The number of amides is 1. The molecule has 1 amide bonds. The number of fused-ring (bicyclic) bond motifs is 1. The van der Waals surface area contributed by atoms with E-state index in [2.05, 4.69) is 5.32 Å². The lowest BCUT2D eigenvalue weighted by Crippen LogP contribution is -2.31. The van der Waals surface area contributed by atoms with E-state index in [-0.39, 0.29) is 23.1 Å². The first-order chi connectivity index (χ1) is 18.5. The number of aryl methyl sites for hydroxylation is 1. The van der Waals surface area contributed by atoms with Crippen LogP contribution in [-0.4, -0.2) is 28.8 Å². The second-order valence-electron chi connectivity index (χ2n) is 10.3. The van der Waals surface area contributed by atoms with Crippen molar-refractivity contribution >= 4 is 29.2 Å². The molecule has 1 unspecified atom stereocenters. The highest BCUT2D eigenvalue weighted by atomic mass is 35.5. The van der Waals surface area contributed by atoms with Gasteiger partial charge in [-0.15, -0.1) is 0 Å². The molecule has 1 aromatic heterocycles. The minimum atomic E-state index is -0.673. The first kappa shape index (κ1) is 26.4. The van der Waals surface area contributed by atoms with Crippen LogP contribution in [0.1, 0.15) is 84.6 Å². The molecule has 5 rings (SSSR count). The molecule has 1 N–H and O–H groups in total. The second kappa shape index (κ2) is 11.7. The third-order valence-electron chi connectivity index (χ3n) is 7.86. The number of hydrogen-bond acceptors (Lipinski definition) is 4. The van der Waals surface area contributed by atoms with E-state index in [4.69, 9.17) is 21.4 Å². The first-order valence-electron chi connectivity index (χ1n) is 13.5. The summed E-state index contributed by atoms with van der Waals surface area (Å²) in [5, 5.41) is 8.54. The van der Waals surface area contributed by atoms with E-state index in [1.807, 2.05) is 28.9 Å². The topological polar surface area (TPSA) is 73.2 Å². The molecule has 3 aromatic rings. The van der Waals surface area contributed by atoms with Crippen LogP contribution in [0.4, 0.5) is 10.1 Å². The summed E-state index contributed by atoms with van der Waals surface area (Å²) in [7, 11) is 1.25. The molecule has 0 aliphatic heterocycles. The molecule has 1 fully saturated rings. The van der Waals surface area contributed by atoms with E-state index in [1.54, 1.807) is 0 Å². The normalized spacial score (nSPS) is 16.8. The molecule has 200 valence electrons. The van der Waals surface area contributed by atoms with Gasteiger partial charge in [0.2, 0.25) is 5.91 Å². The van der Waals surface area contributed by atoms with E-state index < -0.39 is 17.7 Å². The van der Waals surface area contributed by atoms with E-state index in [0.29, 0.717) is 5.02 Å². The number of nitrogens with one attached hydrogen (secondary N) is 1. The summed E-state index contributed by atoms with van der Waals surface area (Å²) in [5.74, 6) is -1.91. The van der Waals surface area contributed by atoms with Gasteiger partial charge in [-0.3, -0.25) is 4.79 Å². The number of benzene rings is 2. The van der Waals surface area contributed by atoms with Gasteiger partial charge >= 0.3 is 5.97 Å². The maximum Gasteiger partial charge on any atom is 0.337 e. The van der Waals surface area contributed by atoms with Gasteiger partial charge in [0.15, 0.2) is 0 Å². The third kappa shape index (κ3) is 5.48. The van der Waals surface area contributed by atoms with Crippen molar-refractivity contribution < 1.29 is 18.7 Å². The Morgan fingerprint density at radius 1 is 1.03 bits per heavy atom. The molecule has 0 saturated heterocycles. The predicted octanol–water partition coefficient (Wildman–Crippen LogP) is 7.02. The summed E-state index contributed by atoms with van der Waals surface area (Å²) in [5.41, 5.74) is 4.13. The van der Waals surface area contributed by atoms with Gasteiger partial charge < -0.3 is 10.1 Å². The van der Waals surface area contributed by atoms with Gasteiger partial charge in [0.1, 0.15) is 5.82 Å². The van der Waals surface area contributed by atoms with E-state index in [1.165, 1.54) is 19.2 Å². The molecule has 1 saturated carbocycles. The van der Waals surface area contributed by atoms with Gasteiger partial charge in [-0.25, -0.2) is 13.9 Å². The van der Waals surface area contributed by atoms with Crippen molar-refractivity contribution in [2.45, 2.75) is 70.1 Å². The fourth-order valence-electron chi connectivity index (χ4n) is 5.95. The molecule has 2 aromatic carbocycles. The summed E-state index contributed by atoms with van der Waals surface area (Å²) in [6.07, 6.45) is 10.2. The Kier molecular flexibility index (Phi) is 8.12. The average molecular weight is 538 g/mol. The highest BCUT2D eigenvalue weighted by molar-refractivity contribution is 6.30. The smallest absolute Gasteiger partial charge is 0.337 e. The molecule has 0 radical (unpaired) electrons. The lowest BCUT2D eigenvalue weighted by molar-refractivity contribution is -0.119. The summed E-state index contributed by atoms with van der Waals surface area (Å²) < 4.78 is 21.6. The average Bonchev–Trinajstić information content (AvgIpc) is 3.11. The Morgan fingerprint density at radius 3 is 2.45 bits per heavy atom. The van der Waals surface area contributed by atoms with Crippen molar-refractivity contribution in [3.05, 3.63) is 75.8 Å². The van der Waals surface area contributed by atoms with Crippen molar-refractivity contribution in [3.63, 3.8) is 0 Å². The number of carbonyl (C=O) groups excluding carboxylic acids is 2. The number of aromatic nitrogens is 2. The van der Waals surface area contributed by atoms with E-state index in [0.717, 1.165) is 92.9 Å². The Balaban J connectivity index is 1.58. The number of rotatable bonds is 6. The Morgan fingerprint density at radius 2 is 1.74 bits per heavy atom. The highest BCUT2D eigenvalue weighted by Gasteiger charge is 2.37. The molecule has 2 aliphatic carbocycles. The molecule has 6 nitrogen and oxygen atoms in total. The number of halogens is 2. The fourth-order valence-corrected chi connectivity index (χ4v) is 6.08. The predicted molar refractivity (Wildman–Crippen MR) is 146 cm³/mol. The van der Waals surface area contributed by atoms with Crippen LogP contribution in [0, 0.1) is 11.7 Å². The van der Waals surface area contributed by atoms with Crippen LogP contribution in [-0.2, 0) is 22.4 Å². The fraction of sp³-hybridized carbons (Fsp3) is 0.433. The summed E-state index contributed by atoms with van der Waals surface area (Å²) in [4.78, 5) is 25.9. The maximum absolute atomic E-state index is 15.0. The van der Waals surface area contributed by atoms with Crippen LogP contribution in [0.15, 0.2) is 42.5 Å². The van der Waals surface area contributed by atoms with Gasteiger partial charge in [0.05, 0.1) is 41.4 Å². The monoisotopic (exact) mass is 537 g/mol. The number of nitrogens with zero attached hydrogens (tertiary/aromatic N) is 2. The standard InChI is InChI=1S/C30H33ClFN3O3/c1-38-30(37)20-12-17-26(24(32)18-20)33-29(36)27(19-8-4-2-5-9-19)28-23-10-6-3-7-11-25(23)34-35(28)22-15-13-21(31)14-16-22/h12-19,27H,2-11H2,1H3,(H,33,36). The SMILES string of the molecule is COC(=O)c1ccc(NC(=O)C(c2c3c(nn2-c2ccc(Cl)cc2)CCCCC3)C2CCCCC2)c(F)c1. The van der Waals surface area contributed by atoms with Gasteiger partial charge in [-0.2, -0.15) is 5.10 Å². The van der Waals surface area contributed by atoms with Crippen molar-refractivity contribution in [2.24, 2.45) is 5.92 Å². The van der Waals surface area contributed by atoms with Crippen LogP contribution in [0.3, 0.4) is 0 Å². The molecule has 0 bridgehead atoms. The number of carbonyl (C=O) groups is 2. The van der Waals surface area contributed by atoms with Gasteiger partial charge in [0.25, 0.3) is 0 Å². The van der Waals surface area contributed by atoms with Crippen molar-refractivity contribution in [1.29, 1.82) is 0 Å². The Hall–Kier alpha value is -3.19. The number of ether oxygens (including phenoxy) is 1. The molecular weight excluding hydrogens is 505 g/mol. The largest absolute Gasteiger partial charge is 0.465 e. The summed E-state index contributed by atoms with van der Waals surface area (Å²) in [6.45, 7) is 0. The molecule has 1 heterocycles. The summed E-state index contributed by atoms with van der Waals surface area (Å²) >= 11 is 6.18. The van der Waals surface area contributed by atoms with Gasteiger partial charge in [-0.1, -0.05) is 37.3 Å². The lowest BCUT2D eigenvalue weighted by Gasteiger charge is -2.31. The van der Waals surface area contributed by atoms with Crippen LogP contribution >= 0.6 is 11.6 Å². The zero-order valence-corrected chi connectivity index (χ0v) is 22.4. The Labute approximate surface area is 227 Å². The maximum atomic E-state index is 15.0. The number of esters is 1. The minimum absolute atomic E-state index is 0.0483. The molecule has 0 spiro atoms. The lowest BCUT2D eigenvalue weighted by atomic mass is 9.76. The molecular formula is C30H33ClFN3O3. The third-order valence-corrected chi connectivity index (χ3v) is 8.12. The van der Waals surface area contributed by atoms with E-state index >= 15 is 4.39 Å². The Bertz CT molecular complexity index is 1320. The number of hydrogen-bond donors (Lipinski definition) is 1. The number of anilines is 1. The van der Waals surface area contributed by atoms with Crippen LogP contribution in [0.5, 0.6) is 0 Å².